The highest BCUT2D eigenvalue weighted by atomic mass is 32.2. The van der Waals surface area contributed by atoms with E-state index in [-0.39, 0.29) is 10.6 Å². The number of hydrogen-bond donors (Lipinski definition) is 1. The van der Waals surface area contributed by atoms with Gasteiger partial charge in [-0.1, -0.05) is 13.8 Å². The van der Waals surface area contributed by atoms with Crippen LogP contribution in [0, 0.1) is 24.6 Å². The summed E-state index contributed by atoms with van der Waals surface area (Å²) >= 11 is 0. The van der Waals surface area contributed by atoms with Crippen LogP contribution < -0.4 is 5.73 Å². The van der Waals surface area contributed by atoms with Crippen molar-refractivity contribution in [3.63, 3.8) is 0 Å². The fraction of sp³-hybridized carbons (Fsp3) is 0.600. The zero-order valence-electron chi connectivity index (χ0n) is 12.8. The average Bonchev–Trinajstić information content (AvgIpc) is 2.42. The highest BCUT2D eigenvalue weighted by molar-refractivity contribution is 7.89. The van der Waals surface area contributed by atoms with Gasteiger partial charge in [-0.15, -0.1) is 0 Å². The molecule has 1 aliphatic rings. The molecule has 21 heavy (non-hydrogen) atoms. The SMILES string of the molecule is Cc1cc(F)c(N)cc1S(=O)(=O)N1CCC(C(C)C)CC1. The van der Waals surface area contributed by atoms with Crippen LogP contribution in [0.25, 0.3) is 0 Å². The molecule has 1 fully saturated rings. The third kappa shape index (κ3) is 3.21. The van der Waals surface area contributed by atoms with Crippen molar-refractivity contribution in [2.45, 2.75) is 38.5 Å². The maximum atomic E-state index is 13.4. The molecule has 0 spiro atoms. The van der Waals surface area contributed by atoms with Gasteiger partial charge in [-0.3, -0.25) is 0 Å². The van der Waals surface area contributed by atoms with E-state index >= 15 is 0 Å². The number of hydrogen-bond acceptors (Lipinski definition) is 3. The molecular formula is C15H23FN2O2S. The molecule has 4 nitrogen and oxygen atoms in total. The van der Waals surface area contributed by atoms with E-state index in [0.29, 0.717) is 30.5 Å². The molecule has 0 saturated carbocycles. The van der Waals surface area contributed by atoms with Gasteiger partial charge in [0.2, 0.25) is 10.0 Å². The highest BCUT2D eigenvalue weighted by Gasteiger charge is 2.31. The summed E-state index contributed by atoms with van der Waals surface area (Å²) in [7, 11) is -3.59. The van der Waals surface area contributed by atoms with Gasteiger partial charge >= 0.3 is 0 Å². The number of nitrogens with zero attached hydrogens (tertiary/aromatic N) is 1. The first-order valence-electron chi connectivity index (χ1n) is 7.29. The summed E-state index contributed by atoms with van der Waals surface area (Å²) in [5.74, 6) is 0.554. The quantitative estimate of drug-likeness (QED) is 0.873. The predicted octanol–water partition coefficient (Wildman–Crippen LogP) is 2.77. The minimum atomic E-state index is -3.59. The van der Waals surface area contributed by atoms with Crippen LogP contribution in [0.2, 0.25) is 0 Å². The lowest BCUT2D eigenvalue weighted by atomic mass is 9.87. The van der Waals surface area contributed by atoms with Crippen molar-refractivity contribution in [1.29, 1.82) is 0 Å². The third-order valence-electron chi connectivity index (χ3n) is 4.35. The van der Waals surface area contributed by atoms with Crippen LogP contribution in [0.1, 0.15) is 32.3 Å². The normalized spacial score (nSPS) is 18.3. The van der Waals surface area contributed by atoms with E-state index in [4.69, 9.17) is 5.73 Å². The zero-order chi connectivity index (χ0) is 15.8. The minimum Gasteiger partial charge on any atom is -0.396 e. The van der Waals surface area contributed by atoms with E-state index in [1.54, 1.807) is 6.92 Å². The number of sulfonamides is 1. The van der Waals surface area contributed by atoms with Gasteiger partial charge in [-0.25, -0.2) is 12.8 Å². The topological polar surface area (TPSA) is 63.4 Å². The molecule has 2 rings (SSSR count). The Bertz CT molecular complexity index is 621. The lowest BCUT2D eigenvalue weighted by molar-refractivity contribution is 0.226. The van der Waals surface area contributed by atoms with Gasteiger partial charge in [0.15, 0.2) is 0 Å². The Kier molecular flexibility index (Phi) is 4.58. The Morgan fingerprint density at radius 1 is 1.29 bits per heavy atom. The predicted molar refractivity (Wildman–Crippen MR) is 81.9 cm³/mol. The Hall–Kier alpha value is -1.14. The van der Waals surface area contributed by atoms with Gasteiger partial charge in [-0.05, 0) is 49.3 Å². The third-order valence-corrected chi connectivity index (χ3v) is 6.39. The van der Waals surface area contributed by atoms with E-state index in [0.717, 1.165) is 12.8 Å². The molecule has 1 aromatic carbocycles. The fourth-order valence-electron chi connectivity index (χ4n) is 2.87. The fourth-order valence-corrected chi connectivity index (χ4v) is 4.58. The molecule has 1 heterocycles. The summed E-state index contributed by atoms with van der Waals surface area (Å²) in [5.41, 5.74) is 5.79. The number of nitrogen functional groups attached to an aromatic ring is 1. The van der Waals surface area contributed by atoms with Crippen LogP contribution in [0.5, 0.6) is 0 Å². The van der Waals surface area contributed by atoms with Crippen LogP contribution in [-0.4, -0.2) is 25.8 Å². The maximum Gasteiger partial charge on any atom is 0.243 e. The van der Waals surface area contributed by atoms with Crippen molar-refractivity contribution in [3.8, 4) is 0 Å². The second kappa shape index (κ2) is 5.93. The second-order valence-electron chi connectivity index (χ2n) is 6.12. The van der Waals surface area contributed by atoms with E-state index in [9.17, 15) is 12.8 Å². The van der Waals surface area contributed by atoms with Crippen LogP contribution in [-0.2, 0) is 10.0 Å². The van der Waals surface area contributed by atoms with Crippen LogP contribution >= 0.6 is 0 Å². The van der Waals surface area contributed by atoms with Gasteiger partial charge in [0.1, 0.15) is 5.82 Å². The molecule has 2 N–H and O–H groups in total. The number of aryl methyl sites for hydroxylation is 1. The molecule has 0 bridgehead atoms. The van der Waals surface area contributed by atoms with E-state index in [1.165, 1.54) is 16.4 Å². The Balaban J connectivity index is 2.26. The van der Waals surface area contributed by atoms with Crippen molar-refractivity contribution in [2.75, 3.05) is 18.8 Å². The lowest BCUT2D eigenvalue weighted by Gasteiger charge is -2.33. The first kappa shape index (κ1) is 16.2. The lowest BCUT2D eigenvalue weighted by Crippen LogP contribution is -2.39. The standard InChI is InChI=1S/C15H23FN2O2S/c1-10(2)12-4-6-18(7-5-12)21(19,20)15-9-14(17)13(16)8-11(15)3/h8-10,12H,4-7,17H2,1-3H3. The van der Waals surface area contributed by atoms with Crippen LogP contribution in [0.15, 0.2) is 17.0 Å². The number of halogens is 1. The number of nitrogens with two attached hydrogens (primary N) is 1. The van der Waals surface area contributed by atoms with Gasteiger partial charge in [0.05, 0.1) is 10.6 Å². The Morgan fingerprint density at radius 3 is 2.38 bits per heavy atom. The number of benzene rings is 1. The summed E-state index contributed by atoms with van der Waals surface area (Å²) in [6.07, 6.45) is 1.74. The molecule has 1 saturated heterocycles. The Morgan fingerprint density at radius 2 is 1.86 bits per heavy atom. The number of piperidine rings is 1. The minimum absolute atomic E-state index is 0.115. The van der Waals surface area contributed by atoms with Crippen molar-refractivity contribution >= 4 is 15.7 Å². The van der Waals surface area contributed by atoms with Crippen molar-refractivity contribution in [3.05, 3.63) is 23.5 Å². The molecule has 0 aliphatic carbocycles. The molecule has 0 radical (unpaired) electrons. The maximum absolute atomic E-state index is 13.4. The Labute approximate surface area is 126 Å². The average molecular weight is 314 g/mol. The summed E-state index contributed by atoms with van der Waals surface area (Å²) < 4.78 is 40.3. The van der Waals surface area contributed by atoms with Gasteiger partial charge < -0.3 is 5.73 Å². The van der Waals surface area contributed by atoms with Gasteiger partial charge in [0, 0.05) is 13.1 Å². The number of anilines is 1. The summed E-state index contributed by atoms with van der Waals surface area (Å²) in [4.78, 5) is 0.115. The summed E-state index contributed by atoms with van der Waals surface area (Å²) in [6.45, 7) is 6.96. The van der Waals surface area contributed by atoms with Crippen molar-refractivity contribution < 1.29 is 12.8 Å². The first-order chi connectivity index (χ1) is 9.73. The van der Waals surface area contributed by atoms with Crippen molar-refractivity contribution in [2.24, 2.45) is 11.8 Å². The molecule has 0 aromatic heterocycles. The van der Waals surface area contributed by atoms with Crippen LogP contribution in [0.3, 0.4) is 0 Å². The molecule has 0 atom stereocenters. The largest absolute Gasteiger partial charge is 0.396 e. The van der Waals surface area contributed by atoms with E-state index in [1.807, 2.05) is 0 Å². The molecule has 1 aromatic rings. The zero-order valence-corrected chi connectivity index (χ0v) is 13.6. The van der Waals surface area contributed by atoms with Crippen LogP contribution in [0.4, 0.5) is 10.1 Å². The molecule has 1 aliphatic heterocycles. The smallest absolute Gasteiger partial charge is 0.243 e. The van der Waals surface area contributed by atoms with Gasteiger partial charge in [0.25, 0.3) is 0 Å². The number of rotatable bonds is 3. The summed E-state index contributed by atoms with van der Waals surface area (Å²) in [6, 6.07) is 2.41. The van der Waals surface area contributed by atoms with Crippen molar-refractivity contribution in [1.82, 2.24) is 4.31 Å². The highest BCUT2D eigenvalue weighted by Crippen LogP contribution is 2.30. The van der Waals surface area contributed by atoms with Gasteiger partial charge in [-0.2, -0.15) is 4.31 Å². The van der Waals surface area contributed by atoms with E-state index in [2.05, 4.69) is 13.8 Å². The first-order valence-corrected chi connectivity index (χ1v) is 8.73. The molecule has 0 unspecified atom stereocenters. The molecular weight excluding hydrogens is 291 g/mol. The second-order valence-corrected chi connectivity index (χ2v) is 8.03. The molecule has 0 amide bonds. The monoisotopic (exact) mass is 314 g/mol. The molecule has 118 valence electrons. The molecule has 6 heteroatoms. The van der Waals surface area contributed by atoms with E-state index < -0.39 is 15.8 Å². The summed E-state index contributed by atoms with van der Waals surface area (Å²) in [5, 5.41) is 0.